The molecule has 4 nitrogen and oxygen atoms in total. The summed E-state index contributed by atoms with van der Waals surface area (Å²) in [6, 6.07) is 0. The Morgan fingerprint density at radius 1 is 1.10 bits per heavy atom. The first kappa shape index (κ1) is 14.8. The highest BCUT2D eigenvalue weighted by molar-refractivity contribution is 4.88. The second-order valence-electron chi connectivity index (χ2n) is 7.37. The summed E-state index contributed by atoms with van der Waals surface area (Å²) in [5, 5.41) is 3.52. The van der Waals surface area contributed by atoms with Crippen molar-refractivity contribution in [2.45, 2.75) is 26.2 Å². The quantitative estimate of drug-likeness (QED) is 0.833. The molecule has 116 valence electrons. The van der Waals surface area contributed by atoms with Crippen molar-refractivity contribution in [3.8, 4) is 0 Å². The molecule has 4 heteroatoms. The van der Waals surface area contributed by atoms with E-state index in [9.17, 15) is 0 Å². The highest BCUT2D eigenvalue weighted by Gasteiger charge is 2.32. The highest BCUT2D eigenvalue weighted by Crippen LogP contribution is 2.26. The predicted octanol–water partition coefficient (Wildman–Crippen LogP) is 1.03. The summed E-state index contributed by atoms with van der Waals surface area (Å²) in [6.07, 6.45) is 3.88. The molecule has 0 aromatic carbocycles. The smallest absolute Gasteiger partial charge is 0.0469 e. The van der Waals surface area contributed by atoms with Crippen LogP contribution in [0, 0.1) is 11.3 Å². The van der Waals surface area contributed by atoms with E-state index >= 15 is 0 Å². The van der Waals surface area contributed by atoms with Crippen molar-refractivity contribution >= 4 is 0 Å². The van der Waals surface area contributed by atoms with Crippen molar-refractivity contribution in [1.29, 1.82) is 0 Å². The fourth-order valence-corrected chi connectivity index (χ4v) is 3.97. The molecule has 0 saturated carbocycles. The third-order valence-corrected chi connectivity index (χ3v) is 5.38. The SMILES string of the molecule is CC1(CN2CCN(CC3CCOCC3)CC2)CCNC1. The Kier molecular flexibility index (Phi) is 4.97. The Labute approximate surface area is 123 Å². The number of nitrogens with zero attached hydrogens (tertiary/aromatic N) is 2. The van der Waals surface area contributed by atoms with Gasteiger partial charge in [0, 0.05) is 59.0 Å². The van der Waals surface area contributed by atoms with Crippen molar-refractivity contribution in [1.82, 2.24) is 15.1 Å². The van der Waals surface area contributed by atoms with Gasteiger partial charge in [0.25, 0.3) is 0 Å². The number of hydrogen-bond donors (Lipinski definition) is 1. The molecule has 0 amide bonds. The number of piperazine rings is 1. The number of nitrogens with one attached hydrogen (secondary N) is 1. The van der Waals surface area contributed by atoms with Crippen LogP contribution in [-0.2, 0) is 4.74 Å². The second-order valence-corrected chi connectivity index (χ2v) is 7.37. The molecule has 20 heavy (non-hydrogen) atoms. The molecule has 0 aromatic rings. The van der Waals surface area contributed by atoms with E-state index in [4.69, 9.17) is 4.74 Å². The summed E-state index contributed by atoms with van der Waals surface area (Å²) in [5.74, 6) is 0.881. The van der Waals surface area contributed by atoms with E-state index in [0.29, 0.717) is 5.41 Å². The lowest BCUT2D eigenvalue weighted by Gasteiger charge is -2.40. The van der Waals surface area contributed by atoms with Crippen LogP contribution in [0.2, 0.25) is 0 Å². The van der Waals surface area contributed by atoms with E-state index in [2.05, 4.69) is 22.0 Å². The van der Waals surface area contributed by atoms with Crippen LogP contribution in [0.1, 0.15) is 26.2 Å². The van der Waals surface area contributed by atoms with Crippen LogP contribution in [0.15, 0.2) is 0 Å². The van der Waals surface area contributed by atoms with Gasteiger partial charge in [-0.2, -0.15) is 0 Å². The first-order chi connectivity index (χ1) is 9.73. The van der Waals surface area contributed by atoms with E-state index in [1.54, 1.807) is 0 Å². The maximum Gasteiger partial charge on any atom is 0.0469 e. The summed E-state index contributed by atoms with van der Waals surface area (Å²) in [6.45, 7) is 14.5. The zero-order valence-corrected chi connectivity index (χ0v) is 13.1. The average molecular weight is 281 g/mol. The van der Waals surface area contributed by atoms with Gasteiger partial charge in [0.2, 0.25) is 0 Å². The molecular weight excluding hydrogens is 250 g/mol. The lowest BCUT2D eigenvalue weighted by Crippen LogP contribution is -2.50. The van der Waals surface area contributed by atoms with Crippen LogP contribution in [0.25, 0.3) is 0 Å². The summed E-state index contributed by atoms with van der Waals surface area (Å²) in [5.41, 5.74) is 0.517. The van der Waals surface area contributed by atoms with Crippen LogP contribution in [0.5, 0.6) is 0 Å². The average Bonchev–Trinajstić information content (AvgIpc) is 2.89. The van der Waals surface area contributed by atoms with Gasteiger partial charge < -0.3 is 19.9 Å². The summed E-state index contributed by atoms with van der Waals surface area (Å²) in [4.78, 5) is 5.37. The molecule has 3 heterocycles. The maximum absolute atomic E-state index is 5.46. The van der Waals surface area contributed by atoms with Gasteiger partial charge in [0.05, 0.1) is 0 Å². The topological polar surface area (TPSA) is 27.7 Å². The van der Waals surface area contributed by atoms with Crippen LogP contribution in [-0.4, -0.2) is 75.4 Å². The molecule has 1 N–H and O–H groups in total. The van der Waals surface area contributed by atoms with Crippen molar-refractivity contribution in [2.75, 3.05) is 65.6 Å². The molecule has 0 aliphatic carbocycles. The van der Waals surface area contributed by atoms with Crippen LogP contribution >= 0.6 is 0 Å². The normalized spacial score (nSPS) is 34.6. The molecule has 0 aromatic heterocycles. The lowest BCUT2D eigenvalue weighted by atomic mass is 9.89. The Morgan fingerprint density at radius 3 is 2.45 bits per heavy atom. The third kappa shape index (κ3) is 3.94. The van der Waals surface area contributed by atoms with Gasteiger partial charge in [0.1, 0.15) is 0 Å². The van der Waals surface area contributed by atoms with Gasteiger partial charge in [-0.25, -0.2) is 0 Å². The van der Waals surface area contributed by atoms with Gasteiger partial charge in [-0.1, -0.05) is 6.92 Å². The second kappa shape index (κ2) is 6.73. The van der Waals surface area contributed by atoms with Gasteiger partial charge in [-0.15, -0.1) is 0 Å². The molecule has 0 spiro atoms. The highest BCUT2D eigenvalue weighted by atomic mass is 16.5. The molecule has 3 rings (SSSR count). The Bertz CT molecular complexity index is 290. The monoisotopic (exact) mass is 281 g/mol. The summed E-state index contributed by atoms with van der Waals surface area (Å²) in [7, 11) is 0. The van der Waals surface area contributed by atoms with Crippen molar-refractivity contribution in [3.63, 3.8) is 0 Å². The first-order valence-electron chi connectivity index (χ1n) is 8.47. The molecule has 1 atom stereocenters. The van der Waals surface area contributed by atoms with Gasteiger partial charge in [0.15, 0.2) is 0 Å². The summed E-state index contributed by atoms with van der Waals surface area (Å²) < 4.78 is 5.46. The minimum atomic E-state index is 0.517. The van der Waals surface area contributed by atoms with Crippen LogP contribution < -0.4 is 5.32 Å². The van der Waals surface area contributed by atoms with Crippen molar-refractivity contribution in [2.24, 2.45) is 11.3 Å². The molecule has 3 saturated heterocycles. The minimum absolute atomic E-state index is 0.517. The zero-order chi connectivity index (χ0) is 13.8. The Morgan fingerprint density at radius 2 is 1.80 bits per heavy atom. The Hall–Kier alpha value is -0.160. The van der Waals surface area contributed by atoms with E-state index in [1.165, 1.54) is 71.6 Å². The van der Waals surface area contributed by atoms with Gasteiger partial charge >= 0.3 is 0 Å². The van der Waals surface area contributed by atoms with Crippen molar-refractivity contribution < 1.29 is 4.74 Å². The molecule has 0 bridgehead atoms. The maximum atomic E-state index is 5.46. The number of rotatable bonds is 4. The Balaban J connectivity index is 1.38. The van der Waals surface area contributed by atoms with E-state index in [-0.39, 0.29) is 0 Å². The fraction of sp³-hybridized carbons (Fsp3) is 1.00. The molecule has 0 radical (unpaired) electrons. The third-order valence-electron chi connectivity index (χ3n) is 5.38. The molecule has 3 aliphatic heterocycles. The van der Waals surface area contributed by atoms with E-state index in [1.807, 2.05) is 0 Å². The molecular formula is C16H31N3O. The van der Waals surface area contributed by atoms with Gasteiger partial charge in [-0.05, 0) is 37.1 Å². The van der Waals surface area contributed by atoms with E-state index in [0.717, 1.165) is 19.1 Å². The van der Waals surface area contributed by atoms with Gasteiger partial charge in [-0.3, -0.25) is 0 Å². The molecule has 1 unspecified atom stereocenters. The zero-order valence-electron chi connectivity index (χ0n) is 13.1. The van der Waals surface area contributed by atoms with Crippen LogP contribution in [0.4, 0.5) is 0 Å². The number of ether oxygens (including phenoxy) is 1. The van der Waals surface area contributed by atoms with E-state index < -0.39 is 0 Å². The first-order valence-corrected chi connectivity index (χ1v) is 8.47. The van der Waals surface area contributed by atoms with Crippen molar-refractivity contribution in [3.05, 3.63) is 0 Å². The predicted molar refractivity (Wildman–Crippen MR) is 82.0 cm³/mol. The summed E-state index contributed by atoms with van der Waals surface area (Å²) >= 11 is 0. The number of hydrogen-bond acceptors (Lipinski definition) is 4. The minimum Gasteiger partial charge on any atom is -0.381 e. The standard InChI is InChI=1S/C16H31N3O/c1-16(4-5-17-13-16)14-19-8-6-18(7-9-19)12-15-2-10-20-11-3-15/h15,17H,2-14H2,1H3. The lowest BCUT2D eigenvalue weighted by molar-refractivity contribution is 0.0378. The van der Waals surface area contributed by atoms with Crippen LogP contribution in [0.3, 0.4) is 0 Å². The molecule has 3 fully saturated rings. The largest absolute Gasteiger partial charge is 0.381 e. The molecule has 3 aliphatic rings. The fourth-order valence-electron chi connectivity index (χ4n) is 3.97.